The zero-order valence-electron chi connectivity index (χ0n) is 10.7. The van der Waals surface area contributed by atoms with E-state index in [0.29, 0.717) is 5.41 Å². The van der Waals surface area contributed by atoms with Crippen LogP contribution >= 0.6 is 11.3 Å². The van der Waals surface area contributed by atoms with Crippen LogP contribution in [0, 0.1) is 5.41 Å². The number of thiophene rings is 1. The van der Waals surface area contributed by atoms with Crippen molar-refractivity contribution in [2.24, 2.45) is 5.41 Å². The zero-order valence-corrected chi connectivity index (χ0v) is 11.5. The third-order valence-corrected chi connectivity index (χ3v) is 4.82. The molecule has 0 unspecified atom stereocenters. The number of hydrogen-bond donors (Lipinski definition) is 1. The van der Waals surface area contributed by atoms with Gasteiger partial charge in [-0.15, -0.1) is 11.3 Å². The summed E-state index contributed by atoms with van der Waals surface area (Å²) in [6, 6.07) is 4.42. The monoisotopic (exact) mass is 253 g/mol. The predicted octanol–water partition coefficient (Wildman–Crippen LogP) is 3.09. The molecule has 0 aliphatic heterocycles. The number of methoxy groups -OCH3 is 1. The van der Waals surface area contributed by atoms with Crippen molar-refractivity contribution in [3.63, 3.8) is 0 Å². The number of ether oxygens (including phenoxy) is 1. The second-order valence-electron chi connectivity index (χ2n) is 5.10. The molecule has 1 aliphatic carbocycles. The zero-order chi connectivity index (χ0) is 12.0. The van der Waals surface area contributed by atoms with E-state index in [-0.39, 0.29) is 0 Å². The Morgan fingerprint density at radius 1 is 1.47 bits per heavy atom. The fraction of sp³-hybridized carbons (Fsp3) is 0.714. The first-order chi connectivity index (χ1) is 8.35. The molecule has 0 amide bonds. The lowest BCUT2D eigenvalue weighted by Crippen LogP contribution is -2.41. The van der Waals surface area contributed by atoms with Crippen LogP contribution in [-0.2, 0) is 11.2 Å². The molecular weight excluding hydrogens is 230 g/mol. The summed E-state index contributed by atoms with van der Waals surface area (Å²) in [5, 5.41) is 5.72. The Kier molecular flexibility index (Phi) is 5.01. The van der Waals surface area contributed by atoms with Gasteiger partial charge in [-0.05, 0) is 42.5 Å². The Morgan fingerprint density at radius 2 is 2.35 bits per heavy atom. The molecule has 1 aromatic rings. The van der Waals surface area contributed by atoms with Gasteiger partial charge in [0.2, 0.25) is 0 Å². The van der Waals surface area contributed by atoms with Gasteiger partial charge in [-0.2, -0.15) is 0 Å². The molecule has 1 heterocycles. The summed E-state index contributed by atoms with van der Waals surface area (Å²) in [7, 11) is 1.76. The van der Waals surface area contributed by atoms with Crippen molar-refractivity contribution in [1.29, 1.82) is 0 Å². The summed E-state index contributed by atoms with van der Waals surface area (Å²) in [5.74, 6) is 0. The first-order valence-electron chi connectivity index (χ1n) is 6.57. The van der Waals surface area contributed by atoms with Crippen molar-refractivity contribution in [3.05, 3.63) is 22.4 Å². The highest BCUT2D eigenvalue weighted by atomic mass is 32.1. The first kappa shape index (κ1) is 13.1. The number of aryl methyl sites for hydroxylation is 1. The van der Waals surface area contributed by atoms with Crippen LogP contribution in [0.2, 0.25) is 0 Å². The topological polar surface area (TPSA) is 21.3 Å². The molecule has 0 aromatic carbocycles. The summed E-state index contributed by atoms with van der Waals surface area (Å²) in [6.45, 7) is 2.97. The summed E-state index contributed by atoms with van der Waals surface area (Å²) < 4.78 is 5.07. The summed E-state index contributed by atoms with van der Waals surface area (Å²) in [4.78, 5) is 1.54. The largest absolute Gasteiger partial charge is 0.383 e. The van der Waals surface area contributed by atoms with Crippen molar-refractivity contribution in [2.75, 3.05) is 26.8 Å². The molecule has 1 saturated carbocycles. The van der Waals surface area contributed by atoms with E-state index in [0.717, 1.165) is 13.2 Å². The highest BCUT2D eigenvalue weighted by molar-refractivity contribution is 7.09. The lowest BCUT2D eigenvalue weighted by atomic mass is 9.66. The molecule has 0 atom stereocenters. The van der Waals surface area contributed by atoms with E-state index >= 15 is 0 Å². The SMILES string of the molecule is COCCNCC1(CCc2cccs2)CCC1. The van der Waals surface area contributed by atoms with Gasteiger partial charge in [0.15, 0.2) is 0 Å². The molecule has 3 heteroatoms. The quantitative estimate of drug-likeness (QED) is 0.719. The second kappa shape index (κ2) is 6.53. The normalized spacial score (nSPS) is 17.9. The molecular formula is C14H23NOS. The van der Waals surface area contributed by atoms with Gasteiger partial charge < -0.3 is 10.1 Å². The van der Waals surface area contributed by atoms with Crippen molar-refractivity contribution in [2.45, 2.75) is 32.1 Å². The van der Waals surface area contributed by atoms with Crippen molar-refractivity contribution in [3.8, 4) is 0 Å². The third-order valence-electron chi connectivity index (χ3n) is 3.88. The van der Waals surface area contributed by atoms with Crippen LogP contribution in [0.5, 0.6) is 0 Å². The maximum Gasteiger partial charge on any atom is 0.0587 e. The smallest absolute Gasteiger partial charge is 0.0587 e. The molecule has 2 nitrogen and oxygen atoms in total. The molecule has 1 fully saturated rings. The minimum atomic E-state index is 0.581. The molecule has 1 aliphatic rings. The lowest BCUT2D eigenvalue weighted by molar-refractivity contribution is 0.112. The van der Waals surface area contributed by atoms with Gasteiger partial charge in [0.05, 0.1) is 6.61 Å². The van der Waals surface area contributed by atoms with Gasteiger partial charge in [0, 0.05) is 25.1 Å². The minimum absolute atomic E-state index is 0.581. The van der Waals surface area contributed by atoms with Crippen LogP contribution in [0.25, 0.3) is 0 Å². The van der Waals surface area contributed by atoms with E-state index in [1.54, 1.807) is 7.11 Å². The van der Waals surface area contributed by atoms with E-state index in [1.165, 1.54) is 43.5 Å². The molecule has 0 radical (unpaired) electrons. The molecule has 1 aromatic heterocycles. The Hall–Kier alpha value is -0.380. The van der Waals surface area contributed by atoms with Crippen LogP contribution in [0.1, 0.15) is 30.6 Å². The maximum absolute atomic E-state index is 5.07. The molecule has 0 saturated heterocycles. The Balaban J connectivity index is 1.71. The Morgan fingerprint density at radius 3 is 2.94 bits per heavy atom. The molecule has 0 bridgehead atoms. The summed E-state index contributed by atoms with van der Waals surface area (Å²) in [5.41, 5.74) is 0.581. The van der Waals surface area contributed by atoms with E-state index in [1.807, 2.05) is 11.3 Å². The van der Waals surface area contributed by atoms with Gasteiger partial charge in [0.25, 0.3) is 0 Å². The molecule has 96 valence electrons. The standard InChI is InChI=1S/C14H23NOS/c1-16-10-9-15-12-14(6-3-7-14)8-5-13-4-2-11-17-13/h2,4,11,15H,3,5-10,12H2,1H3. The number of rotatable bonds is 8. The van der Waals surface area contributed by atoms with Crippen LogP contribution in [0.15, 0.2) is 17.5 Å². The highest BCUT2D eigenvalue weighted by Crippen LogP contribution is 2.44. The van der Waals surface area contributed by atoms with Gasteiger partial charge in [-0.25, -0.2) is 0 Å². The van der Waals surface area contributed by atoms with Gasteiger partial charge in [0.1, 0.15) is 0 Å². The lowest BCUT2D eigenvalue weighted by Gasteiger charge is -2.42. The van der Waals surface area contributed by atoms with E-state index in [2.05, 4.69) is 22.8 Å². The van der Waals surface area contributed by atoms with Gasteiger partial charge >= 0.3 is 0 Å². The predicted molar refractivity (Wildman–Crippen MR) is 73.7 cm³/mol. The molecule has 0 spiro atoms. The van der Waals surface area contributed by atoms with Crippen molar-refractivity contribution in [1.82, 2.24) is 5.32 Å². The van der Waals surface area contributed by atoms with Gasteiger partial charge in [-0.3, -0.25) is 0 Å². The fourth-order valence-electron chi connectivity index (χ4n) is 2.56. The van der Waals surface area contributed by atoms with Crippen molar-refractivity contribution >= 4 is 11.3 Å². The fourth-order valence-corrected chi connectivity index (χ4v) is 3.27. The van der Waals surface area contributed by atoms with Crippen LogP contribution in [0.4, 0.5) is 0 Å². The number of nitrogens with one attached hydrogen (secondary N) is 1. The minimum Gasteiger partial charge on any atom is -0.383 e. The maximum atomic E-state index is 5.07. The van der Waals surface area contributed by atoms with E-state index in [4.69, 9.17) is 4.74 Å². The highest BCUT2D eigenvalue weighted by Gasteiger charge is 2.35. The second-order valence-corrected chi connectivity index (χ2v) is 6.13. The Bertz CT molecular complexity index is 306. The van der Waals surface area contributed by atoms with Crippen LogP contribution in [-0.4, -0.2) is 26.8 Å². The van der Waals surface area contributed by atoms with E-state index in [9.17, 15) is 0 Å². The van der Waals surface area contributed by atoms with Gasteiger partial charge in [-0.1, -0.05) is 12.5 Å². The molecule has 1 N–H and O–H groups in total. The Labute approximate surface area is 108 Å². The average molecular weight is 253 g/mol. The molecule has 2 rings (SSSR count). The summed E-state index contributed by atoms with van der Waals surface area (Å²) >= 11 is 1.89. The van der Waals surface area contributed by atoms with Crippen LogP contribution in [0.3, 0.4) is 0 Å². The molecule has 17 heavy (non-hydrogen) atoms. The van der Waals surface area contributed by atoms with Crippen LogP contribution < -0.4 is 5.32 Å². The average Bonchev–Trinajstić information content (AvgIpc) is 2.79. The van der Waals surface area contributed by atoms with E-state index < -0.39 is 0 Å². The summed E-state index contributed by atoms with van der Waals surface area (Å²) in [6.07, 6.45) is 6.81. The third kappa shape index (κ3) is 3.80. The first-order valence-corrected chi connectivity index (χ1v) is 7.45. The van der Waals surface area contributed by atoms with Crippen molar-refractivity contribution < 1.29 is 4.74 Å². The number of hydrogen-bond acceptors (Lipinski definition) is 3.